The van der Waals surface area contributed by atoms with Crippen LogP contribution in [0.2, 0.25) is 0 Å². The third kappa shape index (κ3) is 2.31. The molecule has 0 aromatic carbocycles. The number of nitrogens with two attached hydrogens (primary N) is 1. The zero-order valence-electron chi connectivity index (χ0n) is 8.39. The molecule has 0 saturated carbocycles. The van der Waals surface area contributed by atoms with E-state index in [9.17, 15) is 0 Å². The summed E-state index contributed by atoms with van der Waals surface area (Å²) in [5.74, 6) is 6.19. The highest BCUT2D eigenvalue weighted by Crippen LogP contribution is 2.24. The van der Waals surface area contributed by atoms with Crippen molar-refractivity contribution in [2.24, 2.45) is 5.84 Å². The normalized spacial score (nSPS) is 17.8. The largest absolute Gasteiger partial charge is 0.501 e. The number of rotatable bonds is 3. The van der Waals surface area contributed by atoms with Crippen LogP contribution in [-0.4, -0.2) is 16.6 Å². The van der Waals surface area contributed by atoms with Gasteiger partial charge in [0.15, 0.2) is 5.82 Å². The van der Waals surface area contributed by atoms with E-state index in [0.717, 1.165) is 25.0 Å². The van der Waals surface area contributed by atoms with Crippen molar-refractivity contribution in [1.29, 1.82) is 0 Å². The lowest BCUT2D eigenvalue weighted by Gasteiger charge is -2.21. The van der Waals surface area contributed by atoms with E-state index in [2.05, 4.69) is 15.4 Å². The Balaban J connectivity index is 2.20. The second-order valence-electron chi connectivity index (χ2n) is 3.37. The number of hydrogen-bond acceptors (Lipinski definition) is 5. The first-order valence-electron chi connectivity index (χ1n) is 4.95. The van der Waals surface area contributed by atoms with Gasteiger partial charge in [-0.05, 0) is 24.5 Å². The Morgan fingerprint density at radius 3 is 2.80 bits per heavy atom. The van der Waals surface area contributed by atoms with Crippen molar-refractivity contribution in [1.82, 2.24) is 15.4 Å². The first-order valence-corrected chi connectivity index (χ1v) is 4.95. The van der Waals surface area contributed by atoms with E-state index < -0.39 is 0 Å². The number of nitrogens with zero attached hydrogens (tertiary/aromatic N) is 2. The van der Waals surface area contributed by atoms with Crippen LogP contribution in [0.5, 0.6) is 0 Å². The fourth-order valence-electron chi connectivity index (χ4n) is 1.60. The third-order valence-electron chi connectivity index (χ3n) is 2.34. The zero-order valence-corrected chi connectivity index (χ0v) is 8.39. The van der Waals surface area contributed by atoms with Crippen LogP contribution in [0.25, 0.3) is 0 Å². The van der Waals surface area contributed by atoms with E-state index in [0.29, 0.717) is 5.82 Å². The van der Waals surface area contributed by atoms with Gasteiger partial charge in [-0.25, -0.2) is 15.4 Å². The number of hydrogen-bond donors (Lipinski definition) is 2. The summed E-state index contributed by atoms with van der Waals surface area (Å²) in [6, 6.07) is 1.63. The van der Waals surface area contributed by atoms with Gasteiger partial charge in [-0.2, -0.15) is 0 Å². The molecule has 0 bridgehead atoms. The summed E-state index contributed by atoms with van der Waals surface area (Å²) < 4.78 is 5.27. The standard InChI is InChI=1S/C10H14N4O/c11-14-9(8-3-1-6-15-7-8)10-12-4-2-5-13-10/h2,4-5,7,9,14H,1,3,6,11H2. The predicted octanol–water partition coefficient (Wildman–Crippen LogP) is 0.675. The molecule has 5 nitrogen and oxygen atoms in total. The van der Waals surface area contributed by atoms with Gasteiger partial charge in [-0.3, -0.25) is 5.84 Å². The van der Waals surface area contributed by atoms with E-state index in [-0.39, 0.29) is 6.04 Å². The monoisotopic (exact) mass is 206 g/mol. The van der Waals surface area contributed by atoms with Gasteiger partial charge in [0.2, 0.25) is 0 Å². The van der Waals surface area contributed by atoms with E-state index >= 15 is 0 Å². The van der Waals surface area contributed by atoms with Crippen LogP contribution in [0.15, 0.2) is 30.3 Å². The molecular formula is C10H14N4O. The van der Waals surface area contributed by atoms with Crippen LogP contribution in [0.3, 0.4) is 0 Å². The molecule has 3 N–H and O–H groups in total. The van der Waals surface area contributed by atoms with Gasteiger partial charge in [-0.15, -0.1) is 0 Å². The highest BCUT2D eigenvalue weighted by Gasteiger charge is 2.19. The molecule has 80 valence electrons. The lowest BCUT2D eigenvalue weighted by molar-refractivity contribution is 0.219. The average molecular weight is 206 g/mol. The molecule has 5 heteroatoms. The number of nitrogens with one attached hydrogen (secondary N) is 1. The average Bonchev–Trinajstić information content (AvgIpc) is 2.33. The van der Waals surface area contributed by atoms with Crippen molar-refractivity contribution < 1.29 is 4.74 Å². The molecule has 15 heavy (non-hydrogen) atoms. The van der Waals surface area contributed by atoms with E-state index in [4.69, 9.17) is 10.6 Å². The molecule has 1 aliphatic rings. The Morgan fingerprint density at radius 2 is 2.20 bits per heavy atom. The molecule has 0 spiro atoms. The molecule has 0 fully saturated rings. The van der Waals surface area contributed by atoms with Crippen molar-refractivity contribution in [2.45, 2.75) is 18.9 Å². The number of ether oxygens (including phenoxy) is 1. The maximum absolute atomic E-state index is 5.51. The van der Waals surface area contributed by atoms with Gasteiger partial charge in [0.05, 0.1) is 12.9 Å². The molecule has 0 amide bonds. The molecule has 2 heterocycles. The van der Waals surface area contributed by atoms with Crippen LogP contribution in [0.4, 0.5) is 0 Å². The molecule has 1 unspecified atom stereocenters. The lowest BCUT2D eigenvalue weighted by atomic mass is 10.0. The molecule has 2 rings (SSSR count). The molecule has 1 aromatic heterocycles. The van der Waals surface area contributed by atoms with Crippen LogP contribution < -0.4 is 11.3 Å². The van der Waals surface area contributed by atoms with E-state index in [1.165, 1.54) is 0 Å². The smallest absolute Gasteiger partial charge is 0.150 e. The Morgan fingerprint density at radius 1 is 1.40 bits per heavy atom. The van der Waals surface area contributed by atoms with Gasteiger partial charge in [0.25, 0.3) is 0 Å². The van der Waals surface area contributed by atoms with Gasteiger partial charge in [0.1, 0.15) is 6.04 Å². The van der Waals surface area contributed by atoms with E-state index in [1.807, 2.05) is 0 Å². The van der Waals surface area contributed by atoms with Gasteiger partial charge in [0, 0.05) is 12.4 Å². The Kier molecular flexibility index (Phi) is 3.26. The van der Waals surface area contributed by atoms with Crippen molar-refractivity contribution in [3.8, 4) is 0 Å². The van der Waals surface area contributed by atoms with Gasteiger partial charge < -0.3 is 4.74 Å². The molecule has 1 aromatic rings. The minimum atomic E-state index is -0.147. The molecule has 1 atom stereocenters. The van der Waals surface area contributed by atoms with Crippen LogP contribution in [-0.2, 0) is 4.74 Å². The van der Waals surface area contributed by atoms with Gasteiger partial charge >= 0.3 is 0 Å². The third-order valence-corrected chi connectivity index (χ3v) is 2.34. The summed E-state index contributed by atoms with van der Waals surface area (Å²) >= 11 is 0. The molecular weight excluding hydrogens is 192 g/mol. The SMILES string of the molecule is NNC(C1=COCCC1)c1ncccn1. The summed E-state index contributed by atoms with van der Waals surface area (Å²) in [6.45, 7) is 0.774. The van der Waals surface area contributed by atoms with Crippen LogP contribution >= 0.6 is 0 Å². The quantitative estimate of drug-likeness (QED) is 0.562. The number of hydrazine groups is 1. The Bertz CT molecular complexity index is 339. The fraction of sp³-hybridized carbons (Fsp3) is 0.400. The summed E-state index contributed by atoms with van der Waals surface area (Å²) in [5, 5.41) is 0. The zero-order chi connectivity index (χ0) is 10.5. The molecule has 0 aliphatic carbocycles. The Hall–Kier alpha value is -1.46. The molecule has 0 saturated heterocycles. The van der Waals surface area contributed by atoms with Crippen molar-refractivity contribution in [2.75, 3.05) is 6.61 Å². The van der Waals surface area contributed by atoms with Crippen LogP contribution in [0, 0.1) is 0 Å². The van der Waals surface area contributed by atoms with Crippen molar-refractivity contribution in [3.63, 3.8) is 0 Å². The highest BCUT2D eigenvalue weighted by atomic mass is 16.5. The lowest BCUT2D eigenvalue weighted by Crippen LogP contribution is -2.31. The second kappa shape index (κ2) is 4.86. The predicted molar refractivity (Wildman–Crippen MR) is 55.4 cm³/mol. The van der Waals surface area contributed by atoms with Crippen molar-refractivity contribution >= 4 is 0 Å². The number of aromatic nitrogens is 2. The maximum Gasteiger partial charge on any atom is 0.150 e. The van der Waals surface area contributed by atoms with Gasteiger partial charge in [-0.1, -0.05) is 0 Å². The minimum Gasteiger partial charge on any atom is -0.501 e. The Labute approximate surface area is 88.3 Å². The maximum atomic E-state index is 5.51. The first-order chi connectivity index (χ1) is 7.42. The van der Waals surface area contributed by atoms with Crippen LogP contribution in [0.1, 0.15) is 24.7 Å². The highest BCUT2D eigenvalue weighted by molar-refractivity contribution is 5.16. The first kappa shape index (κ1) is 10.1. The summed E-state index contributed by atoms with van der Waals surface area (Å²) in [6.07, 6.45) is 7.14. The summed E-state index contributed by atoms with van der Waals surface area (Å²) in [4.78, 5) is 8.35. The summed E-state index contributed by atoms with van der Waals surface area (Å²) in [5.41, 5.74) is 3.81. The second-order valence-corrected chi connectivity index (χ2v) is 3.37. The molecule has 0 radical (unpaired) electrons. The fourth-order valence-corrected chi connectivity index (χ4v) is 1.60. The molecule has 1 aliphatic heterocycles. The minimum absolute atomic E-state index is 0.147. The topological polar surface area (TPSA) is 73.1 Å². The summed E-state index contributed by atoms with van der Waals surface area (Å²) in [7, 11) is 0. The van der Waals surface area contributed by atoms with E-state index in [1.54, 1.807) is 24.7 Å². The van der Waals surface area contributed by atoms with Crippen molar-refractivity contribution in [3.05, 3.63) is 36.1 Å².